The first-order valence-electron chi connectivity index (χ1n) is 2.64. The van der Waals surface area contributed by atoms with E-state index >= 15 is 0 Å². The molecule has 1 atom stereocenters. The third-order valence-corrected chi connectivity index (χ3v) is 0.633. The molecule has 3 nitrogen and oxygen atoms in total. The van der Waals surface area contributed by atoms with E-state index in [2.05, 4.69) is 11.3 Å². The van der Waals surface area contributed by atoms with E-state index in [4.69, 9.17) is 5.11 Å². The topological polar surface area (TPSA) is 46.5 Å². The highest BCUT2D eigenvalue weighted by Gasteiger charge is 1.97. The molecule has 0 bridgehead atoms. The zero-order valence-electron chi connectivity index (χ0n) is 5.83. The van der Waals surface area contributed by atoms with Gasteiger partial charge in [-0.2, -0.15) is 13.5 Å². The molecule has 0 aliphatic rings. The van der Waals surface area contributed by atoms with Gasteiger partial charge in [0.1, 0.15) is 6.61 Å². The van der Waals surface area contributed by atoms with Crippen LogP contribution >= 0.6 is 13.5 Å². The maximum Gasteiger partial charge on any atom is 0.330 e. The van der Waals surface area contributed by atoms with Gasteiger partial charge in [-0.3, -0.25) is 0 Å². The van der Waals surface area contributed by atoms with Crippen molar-refractivity contribution in [3.05, 3.63) is 12.7 Å². The molecule has 0 amide bonds. The number of carbonyl (C=O) groups excluding carboxylic acids is 1. The molecule has 0 spiro atoms. The van der Waals surface area contributed by atoms with Crippen LogP contribution in [0.2, 0.25) is 0 Å². The average Bonchev–Trinajstić information content (AvgIpc) is 1.83. The lowest BCUT2D eigenvalue weighted by atomic mass is 4.00. The third-order valence-electron chi connectivity index (χ3n) is 0.633. The van der Waals surface area contributed by atoms with Crippen molar-refractivity contribution in [2.24, 2.45) is 0 Å². The summed E-state index contributed by atoms with van der Waals surface area (Å²) in [4.78, 5) is 10.3. The molecule has 0 aliphatic heterocycles. The Morgan fingerprint density at radius 1 is 1.90 bits per heavy atom. The van der Waals surface area contributed by atoms with Crippen molar-refractivity contribution in [3.63, 3.8) is 0 Å². The summed E-state index contributed by atoms with van der Waals surface area (Å²) in [5.74, 6) is -0.504. The van der Waals surface area contributed by atoms with Crippen LogP contribution in [0.25, 0.3) is 0 Å². The van der Waals surface area contributed by atoms with Crippen molar-refractivity contribution >= 4 is 19.5 Å². The number of rotatable bonds is 3. The summed E-state index contributed by atoms with van der Waals surface area (Å²) in [6, 6.07) is 0. The maximum absolute atomic E-state index is 10.3. The van der Waals surface area contributed by atoms with Gasteiger partial charge in [0.15, 0.2) is 0 Å². The van der Waals surface area contributed by atoms with Gasteiger partial charge in [0.2, 0.25) is 0 Å². The van der Waals surface area contributed by atoms with E-state index in [1.807, 2.05) is 0 Å². The monoisotopic (exact) mass is 136 g/mol. The molecule has 10 heavy (non-hydrogen) atoms. The van der Waals surface area contributed by atoms with Crippen molar-refractivity contribution in [2.75, 3.05) is 6.61 Å². The summed E-state index contributed by atoms with van der Waals surface area (Å²) in [5.41, 5.74) is 0. The molecule has 0 aromatic carbocycles. The summed E-state index contributed by atoms with van der Waals surface area (Å²) in [7, 11) is 0. The Hall–Kier alpha value is -0.480. The van der Waals surface area contributed by atoms with Crippen LogP contribution in [-0.2, 0) is 9.53 Å². The first-order chi connectivity index (χ1) is 4.16. The Morgan fingerprint density at radius 3 is 2.70 bits per heavy atom. The fourth-order valence-electron chi connectivity index (χ4n) is 0.262. The predicted molar refractivity (Wildman–Crippen MR) is 43.2 cm³/mol. The molecule has 0 aromatic rings. The molecule has 0 fully saturated rings. The number of esters is 1. The average molecular weight is 136 g/mol. The molecule has 0 saturated heterocycles. The number of aliphatic hydroxyl groups excluding tert-OH is 1. The number of hydrogen-bond donors (Lipinski definition) is 1. The molecular formula is C6H12O3S. The summed E-state index contributed by atoms with van der Waals surface area (Å²) in [5, 5.41) is 8.59. The second-order valence-corrected chi connectivity index (χ2v) is 1.68. The van der Waals surface area contributed by atoms with Crippen LogP contribution in [0.1, 0.15) is 6.92 Å². The van der Waals surface area contributed by atoms with E-state index < -0.39 is 12.1 Å². The minimum atomic E-state index is -0.603. The lowest BCUT2D eigenvalue weighted by Gasteiger charge is -2.02. The summed E-state index contributed by atoms with van der Waals surface area (Å²) in [6.07, 6.45) is 0.455. The van der Waals surface area contributed by atoms with Gasteiger partial charge in [-0.05, 0) is 6.92 Å². The van der Waals surface area contributed by atoms with Gasteiger partial charge >= 0.3 is 5.97 Å². The van der Waals surface area contributed by atoms with E-state index in [9.17, 15) is 4.79 Å². The molecule has 0 aromatic heterocycles. The van der Waals surface area contributed by atoms with Crippen molar-refractivity contribution in [1.82, 2.24) is 0 Å². The smallest absolute Gasteiger partial charge is 0.330 e. The number of aliphatic hydroxyl groups is 1. The number of carbonyl (C=O) groups is 1. The molecule has 1 unspecified atom stereocenters. The Bertz CT molecular complexity index is 112. The largest absolute Gasteiger partial charge is 0.460 e. The van der Waals surface area contributed by atoms with E-state index in [0.29, 0.717) is 0 Å². The first-order valence-corrected chi connectivity index (χ1v) is 2.64. The Morgan fingerprint density at radius 2 is 2.40 bits per heavy atom. The van der Waals surface area contributed by atoms with Crippen LogP contribution in [0.5, 0.6) is 0 Å². The van der Waals surface area contributed by atoms with Gasteiger partial charge < -0.3 is 9.84 Å². The number of ether oxygens (including phenoxy) is 1. The van der Waals surface area contributed by atoms with Gasteiger partial charge in [-0.25, -0.2) is 4.79 Å². The molecule has 60 valence electrons. The Balaban J connectivity index is 0. The normalized spacial score (nSPS) is 11.0. The van der Waals surface area contributed by atoms with E-state index in [1.54, 1.807) is 0 Å². The fourth-order valence-corrected chi connectivity index (χ4v) is 0.262. The molecule has 4 heteroatoms. The van der Waals surface area contributed by atoms with Gasteiger partial charge in [-0.1, -0.05) is 6.58 Å². The van der Waals surface area contributed by atoms with Crippen LogP contribution in [0.15, 0.2) is 12.7 Å². The molecular weight excluding hydrogens is 124 g/mol. The third kappa shape index (κ3) is 7.52. The van der Waals surface area contributed by atoms with Gasteiger partial charge in [-0.15, -0.1) is 0 Å². The van der Waals surface area contributed by atoms with Crippen LogP contribution < -0.4 is 0 Å². The maximum atomic E-state index is 10.3. The summed E-state index contributed by atoms with van der Waals surface area (Å²) in [6.45, 7) is 4.75. The SMILES string of the molecule is C=CC(=O)OCC(C)O.[4SH2]. The summed E-state index contributed by atoms with van der Waals surface area (Å²) >= 11 is 0. The molecule has 0 heterocycles. The molecule has 0 radical (unpaired) electrons. The van der Waals surface area contributed by atoms with Crippen molar-refractivity contribution in [3.8, 4) is 0 Å². The van der Waals surface area contributed by atoms with Crippen LogP contribution in [0, 0.1) is 0 Å². The molecule has 0 rings (SSSR count). The van der Waals surface area contributed by atoms with Crippen molar-refractivity contribution < 1.29 is 14.6 Å². The van der Waals surface area contributed by atoms with Gasteiger partial charge in [0, 0.05) is 6.08 Å². The van der Waals surface area contributed by atoms with Gasteiger partial charge in [0.05, 0.1) is 6.10 Å². The molecule has 1 N–H and O–H groups in total. The number of hydrogen-bond acceptors (Lipinski definition) is 3. The van der Waals surface area contributed by atoms with Crippen molar-refractivity contribution in [2.45, 2.75) is 13.0 Å². The van der Waals surface area contributed by atoms with Crippen molar-refractivity contribution in [1.29, 1.82) is 0 Å². The first kappa shape index (κ1) is 12.2. The predicted octanol–water partition coefficient (Wildman–Crippen LogP) is 0.209. The zero-order chi connectivity index (χ0) is 7.28. The van der Waals surface area contributed by atoms with E-state index in [-0.39, 0.29) is 20.1 Å². The molecule has 0 aliphatic carbocycles. The minimum absolute atomic E-state index is 0. The quantitative estimate of drug-likeness (QED) is 0.445. The van der Waals surface area contributed by atoms with E-state index in [0.717, 1.165) is 6.08 Å². The Kier molecular flexibility index (Phi) is 8.11. The lowest BCUT2D eigenvalue weighted by Crippen LogP contribution is -2.13. The minimum Gasteiger partial charge on any atom is -0.460 e. The highest BCUT2D eigenvalue weighted by atomic mass is 16.5. The fraction of sp³-hybridized carbons (Fsp3) is 0.500. The van der Waals surface area contributed by atoms with E-state index in [1.165, 1.54) is 6.92 Å². The van der Waals surface area contributed by atoms with Gasteiger partial charge in [0.25, 0.3) is 0 Å². The second kappa shape index (κ2) is 6.64. The zero-order valence-corrected chi connectivity index (χ0v) is 6.83. The standard InChI is InChI=1S/C6H10O3.H2S/c1-3-6(8)9-4-5(2)7;/h3,5,7H,1,4H2,2H3;1H2/i;1-28. The van der Waals surface area contributed by atoms with Crippen LogP contribution in [-0.4, -0.2) is 23.8 Å². The lowest BCUT2D eigenvalue weighted by molar-refractivity contribution is -0.140. The van der Waals surface area contributed by atoms with Crippen LogP contribution in [0.3, 0.4) is 0 Å². The Labute approximate surface area is 67.1 Å². The molecule has 0 saturated carbocycles. The highest BCUT2D eigenvalue weighted by Crippen LogP contribution is 1.83. The van der Waals surface area contributed by atoms with Crippen LogP contribution in [0.4, 0.5) is 0 Å². The second-order valence-electron chi connectivity index (χ2n) is 1.68. The highest BCUT2D eigenvalue weighted by molar-refractivity contribution is 7.59. The summed E-state index contributed by atoms with van der Waals surface area (Å²) < 4.78 is 4.45.